The zero-order valence-corrected chi connectivity index (χ0v) is 5.09. The molecule has 6 heteroatoms. The van der Waals surface area contributed by atoms with Gasteiger partial charge in [0.25, 0.3) is 0 Å². The molecule has 0 bridgehead atoms. The molecule has 2 nitrogen and oxygen atoms in total. The fourth-order valence-electron chi connectivity index (χ4n) is 0.172. The molecule has 0 spiro atoms. The molecule has 0 aliphatic heterocycles. The first-order chi connectivity index (χ1) is 3.98. The second-order valence-corrected chi connectivity index (χ2v) is 1.48. The van der Waals surface area contributed by atoms with Gasteiger partial charge in [0.2, 0.25) is 0 Å². The van der Waals surface area contributed by atoms with Gasteiger partial charge in [-0.15, -0.1) is 0 Å². The zero-order chi connectivity index (χ0) is 7.49. The number of hydrogen-bond acceptors (Lipinski definition) is 2. The highest BCUT2D eigenvalue weighted by atomic mass is 32.1. The van der Waals surface area contributed by atoms with Gasteiger partial charge in [0.05, 0.1) is 5.88 Å². The summed E-state index contributed by atoms with van der Waals surface area (Å²) < 4.78 is 33.6. The maximum atomic E-state index is 11.2. The maximum absolute atomic E-state index is 11.2. The van der Waals surface area contributed by atoms with Crippen LogP contribution < -0.4 is 5.32 Å². The van der Waals surface area contributed by atoms with Crippen LogP contribution in [0.25, 0.3) is 0 Å². The number of amides is 1. The van der Waals surface area contributed by atoms with Gasteiger partial charge in [0.1, 0.15) is 0 Å². The Kier molecular flexibility index (Phi) is 2.83. The Bertz CT molecular complexity index is 112. The monoisotopic (exact) mass is 159 g/mol. The van der Waals surface area contributed by atoms with E-state index in [0.717, 1.165) is 0 Å². The first-order valence-electron chi connectivity index (χ1n) is 1.94. The standard InChI is InChI=1S/C3H4F3NOS/c4-3(5,6)2(8)7-1-9/h9H,1H2,(H,7,8). The minimum Gasteiger partial charge on any atom is -0.340 e. The smallest absolute Gasteiger partial charge is 0.340 e. The van der Waals surface area contributed by atoms with Gasteiger partial charge in [-0.25, -0.2) is 0 Å². The number of alkyl halides is 3. The molecular formula is C3H4F3NOS. The summed E-state index contributed by atoms with van der Waals surface area (Å²) >= 11 is 3.36. The molecule has 1 amide bonds. The highest BCUT2D eigenvalue weighted by Crippen LogP contribution is 2.13. The van der Waals surface area contributed by atoms with Crippen molar-refractivity contribution in [2.24, 2.45) is 0 Å². The van der Waals surface area contributed by atoms with Crippen LogP contribution in [0.15, 0.2) is 0 Å². The normalized spacial score (nSPS) is 11.1. The van der Waals surface area contributed by atoms with Gasteiger partial charge in [-0.2, -0.15) is 25.8 Å². The Morgan fingerprint density at radius 3 is 2.11 bits per heavy atom. The third-order valence-electron chi connectivity index (χ3n) is 0.497. The number of thiol groups is 1. The Morgan fingerprint density at radius 2 is 2.00 bits per heavy atom. The summed E-state index contributed by atoms with van der Waals surface area (Å²) in [5.41, 5.74) is 0. The minimum atomic E-state index is -4.79. The molecule has 0 unspecified atom stereocenters. The summed E-state index contributed by atoms with van der Waals surface area (Å²) in [5, 5.41) is 1.49. The average molecular weight is 159 g/mol. The van der Waals surface area contributed by atoms with Crippen LogP contribution in [-0.4, -0.2) is 18.0 Å². The number of halogens is 3. The van der Waals surface area contributed by atoms with Crippen LogP contribution in [-0.2, 0) is 4.79 Å². The Labute approximate surface area is 54.8 Å². The van der Waals surface area contributed by atoms with Crippen LogP contribution in [0.1, 0.15) is 0 Å². The van der Waals surface area contributed by atoms with E-state index in [2.05, 4.69) is 12.6 Å². The second kappa shape index (κ2) is 2.95. The molecule has 0 saturated heterocycles. The first-order valence-corrected chi connectivity index (χ1v) is 2.57. The van der Waals surface area contributed by atoms with Crippen molar-refractivity contribution in [3.05, 3.63) is 0 Å². The molecule has 0 aliphatic carbocycles. The van der Waals surface area contributed by atoms with E-state index in [9.17, 15) is 18.0 Å². The second-order valence-electron chi connectivity index (χ2n) is 1.16. The van der Waals surface area contributed by atoms with E-state index in [1.54, 1.807) is 0 Å². The average Bonchev–Trinajstić information content (AvgIpc) is 1.64. The van der Waals surface area contributed by atoms with Crippen LogP contribution in [0.4, 0.5) is 13.2 Å². The minimum absolute atomic E-state index is 0.307. The number of nitrogens with one attached hydrogen (secondary N) is 1. The molecule has 0 aromatic carbocycles. The predicted octanol–water partition coefficient (Wildman–Crippen LogP) is 0.552. The Balaban J connectivity index is 3.74. The Hall–Kier alpha value is -0.390. The molecule has 0 radical (unpaired) electrons. The zero-order valence-electron chi connectivity index (χ0n) is 4.20. The summed E-state index contributed by atoms with van der Waals surface area (Å²) in [5.74, 6) is -2.27. The van der Waals surface area contributed by atoms with Crippen LogP contribution in [0.5, 0.6) is 0 Å². The molecule has 54 valence electrons. The largest absolute Gasteiger partial charge is 0.471 e. The summed E-state index contributed by atoms with van der Waals surface area (Å²) in [6.45, 7) is 0. The van der Waals surface area contributed by atoms with Gasteiger partial charge < -0.3 is 5.32 Å². The fourth-order valence-corrected chi connectivity index (χ4v) is 0.316. The van der Waals surface area contributed by atoms with Crippen molar-refractivity contribution in [2.45, 2.75) is 6.18 Å². The SMILES string of the molecule is O=C(NCS)C(F)(F)F. The van der Waals surface area contributed by atoms with Crippen LogP contribution >= 0.6 is 12.6 Å². The number of rotatable bonds is 1. The summed E-state index contributed by atoms with van der Waals surface area (Å²) in [7, 11) is 0. The molecule has 0 rings (SSSR count). The van der Waals surface area contributed by atoms with E-state index in [-0.39, 0.29) is 5.88 Å². The van der Waals surface area contributed by atoms with Gasteiger partial charge in [-0.1, -0.05) is 0 Å². The molecule has 0 saturated carbocycles. The van der Waals surface area contributed by atoms with E-state index in [0.29, 0.717) is 0 Å². The summed E-state index contributed by atoms with van der Waals surface area (Å²) in [4.78, 5) is 9.78. The first kappa shape index (κ1) is 8.61. The van der Waals surface area contributed by atoms with Crippen LogP contribution in [0.2, 0.25) is 0 Å². The molecule has 0 heterocycles. The van der Waals surface area contributed by atoms with E-state index < -0.39 is 12.1 Å². The molecule has 1 N–H and O–H groups in total. The fraction of sp³-hybridized carbons (Fsp3) is 0.667. The summed E-state index contributed by atoms with van der Waals surface area (Å²) in [6, 6.07) is 0. The lowest BCUT2D eigenvalue weighted by Crippen LogP contribution is -2.35. The van der Waals surface area contributed by atoms with Crippen molar-refractivity contribution in [1.82, 2.24) is 5.32 Å². The van der Waals surface area contributed by atoms with Crippen molar-refractivity contribution < 1.29 is 18.0 Å². The lowest BCUT2D eigenvalue weighted by molar-refractivity contribution is -0.173. The van der Waals surface area contributed by atoms with Gasteiger partial charge in [-0.3, -0.25) is 4.79 Å². The highest BCUT2D eigenvalue weighted by molar-refractivity contribution is 7.80. The lowest BCUT2D eigenvalue weighted by atomic mass is 10.6. The van der Waals surface area contributed by atoms with Crippen LogP contribution in [0.3, 0.4) is 0 Å². The molecule has 0 atom stereocenters. The number of carbonyl (C=O) groups is 1. The highest BCUT2D eigenvalue weighted by Gasteiger charge is 2.37. The molecule has 0 aliphatic rings. The van der Waals surface area contributed by atoms with E-state index >= 15 is 0 Å². The topological polar surface area (TPSA) is 29.1 Å². The number of carbonyl (C=O) groups excluding carboxylic acids is 1. The lowest BCUT2D eigenvalue weighted by Gasteiger charge is -2.03. The third kappa shape index (κ3) is 3.23. The van der Waals surface area contributed by atoms with Gasteiger partial charge in [0.15, 0.2) is 0 Å². The quantitative estimate of drug-likeness (QED) is 0.424. The molecule has 9 heavy (non-hydrogen) atoms. The van der Waals surface area contributed by atoms with E-state index in [4.69, 9.17) is 0 Å². The van der Waals surface area contributed by atoms with Gasteiger partial charge in [0, 0.05) is 0 Å². The molecule has 0 aromatic rings. The van der Waals surface area contributed by atoms with Crippen molar-refractivity contribution in [2.75, 3.05) is 5.88 Å². The molecular weight excluding hydrogens is 155 g/mol. The van der Waals surface area contributed by atoms with Crippen molar-refractivity contribution in [3.8, 4) is 0 Å². The van der Waals surface area contributed by atoms with E-state index in [1.165, 1.54) is 5.32 Å². The molecule has 0 aromatic heterocycles. The van der Waals surface area contributed by atoms with Crippen molar-refractivity contribution in [3.63, 3.8) is 0 Å². The third-order valence-corrected chi connectivity index (χ3v) is 0.655. The molecule has 0 fully saturated rings. The van der Waals surface area contributed by atoms with Crippen LogP contribution in [0, 0.1) is 0 Å². The summed E-state index contributed by atoms with van der Waals surface area (Å²) in [6.07, 6.45) is -4.79. The number of hydrogen-bond donors (Lipinski definition) is 2. The van der Waals surface area contributed by atoms with Gasteiger partial charge in [-0.05, 0) is 0 Å². The Morgan fingerprint density at radius 1 is 1.56 bits per heavy atom. The van der Waals surface area contributed by atoms with E-state index in [1.807, 2.05) is 0 Å². The van der Waals surface area contributed by atoms with Gasteiger partial charge >= 0.3 is 12.1 Å². The maximum Gasteiger partial charge on any atom is 0.471 e. The van der Waals surface area contributed by atoms with Crippen molar-refractivity contribution >= 4 is 18.5 Å². The predicted molar refractivity (Wildman–Crippen MR) is 28.1 cm³/mol. The van der Waals surface area contributed by atoms with Crippen molar-refractivity contribution in [1.29, 1.82) is 0 Å².